The average molecular weight is 376 g/mol. The second-order valence-electron chi connectivity index (χ2n) is 6.58. The van der Waals surface area contributed by atoms with Gasteiger partial charge in [-0.15, -0.1) is 11.3 Å². The lowest BCUT2D eigenvalue weighted by Crippen LogP contribution is -2.43. The maximum absolute atomic E-state index is 5.44. The van der Waals surface area contributed by atoms with E-state index in [-0.39, 0.29) is 5.41 Å². The first kappa shape index (κ1) is 20.1. The highest BCUT2D eigenvalue weighted by molar-refractivity contribution is 7.09. The van der Waals surface area contributed by atoms with Crippen LogP contribution in [0.1, 0.15) is 31.2 Å². The summed E-state index contributed by atoms with van der Waals surface area (Å²) in [6, 6.07) is 10.2. The second-order valence-corrected chi connectivity index (χ2v) is 7.61. The molecule has 142 valence electrons. The zero-order valence-electron chi connectivity index (χ0n) is 16.3. The Morgan fingerprint density at radius 3 is 2.50 bits per heavy atom. The van der Waals surface area contributed by atoms with E-state index in [1.807, 2.05) is 12.1 Å². The standard InChI is InChI=1S/C20H29N3O2S/c1-6-21-19(22-13-16-8-7-11-26-16)23-14-20(2,3)15-9-10-17(24-4)18(12-15)25-5/h7-12H,6,13-14H2,1-5H3,(H2,21,22,23). The van der Waals surface area contributed by atoms with Crippen molar-refractivity contribution in [3.05, 3.63) is 46.2 Å². The van der Waals surface area contributed by atoms with Crippen molar-refractivity contribution in [2.75, 3.05) is 27.3 Å². The van der Waals surface area contributed by atoms with Gasteiger partial charge in [0, 0.05) is 23.4 Å². The molecule has 0 spiro atoms. The zero-order chi connectivity index (χ0) is 19.0. The van der Waals surface area contributed by atoms with Crippen LogP contribution < -0.4 is 20.1 Å². The van der Waals surface area contributed by atoms with E-state index in [0.29, 0.717) is 6.54 Å². The van der Waals surface area contributed by atoms with Gasteiger partial charge in [0.2, 0.25) is 0 Å². The number of ether oxygens (including phenoxy) is 2. The average Bonchev–Trinajstić information content (AvgIpc) is 3.17. The fraction of sp³-hybridized carbons (Fsp3) is 0.450. The van der Waals surface area contributed by atoms with Gasteiger partial charge in [0.25, 0.3) is 0 Å². The van der Waals surface area contributed by atoms with E-state index in [4.69, 9.17) is 9.47 Å². The molecule has 0 amide bonds. The molecular weight excluding hydrogens is 346 g/mol. The molecule has 0 unspecified atom stereocenters. The van der Waals surface area contributed by atoms with E-state index in [1.165, 1.54) is 10.4 Å². The van der Waals surface area contributed by atoms with E-state index in [2.05, 4.69) is 60.0 Å². The van der Waals surface area contributed by atoms with Gasteiger partial charge in [0.05, 0.1) is 20.8 Å². The Morgan fingerprint density at radius 1 is 1.12 bits per heavy atom. The number of thiophene rings is 1. The molecule has 0 aliphatic heterocycles. The van der Waals surface area contributed by atoms with Crippen LogP contribution in [0.2, 0.25) is 0 Å². The van der Waals surface area contributed by atoms with E-state index >= 15 is 0 Å². The van der Waals surface area contributed by atoms with E-state index < -0.39 is 0 Å². The maximum atomic E-state index is 5.44. The van der Waals surface area contributed by atoms with Crippen molar-refractivity contribution in [1.82, 2.24) is 10.6 Å². The van der Waals surface area contributed by atoms with Crippen LogP contribution in [-0.4, -0.2) is 33.3 Å². The molecule has 0 aliphatic carbocycles. The molecule has 0 atom stereocenters. The Labute approximate surface area is 160 Å². The third kappa shape index (κ3) is 5.39. The van der Waals surface area contributed by atoms with Crippen molar-refractivity contribution in [3.8, 4) is 11.5 Å². The number of nitrogens with zero attached hydrogens (tertiary/aromatic N) is 1. The van der Waals surface area contributed by atoms with Crippen LogP contribution in [0.25, 0.3) is 0 Å². The molecule has 0 radical (unpaired) electrons. The fourth-order valence-electron chi connectivity index (χ4n) is 2.57. The van der Waals surface area contributed by atoms with Crippen LogP contribution in [0, 0.1) is 0 Å². The van der Waals surface area contributed by atoms with Crippen LogP contribution in [0.4, 0.5) is 0 Å². The van der Waals surface area contributed by atoms with Crippen molar-refractivity contribution in [3.63, 3.8) is 0 Å². The van der Waals surface area contributed by atoms with Crippen molar-refractivity contribution in [2.24, 2.45) is 4.99 Å². The summed E-state index contributed by atoms with van der Waals surface area (Å²) in [6.45, 7) is 8.73. The molecule has 0 fully saturated rings. The first-order chi connectivity index (χ1) is 12.5. The number of methoxy groups -OCH3 is 2. The predicted octanol–water partition coefficient (Wildman–Crippen LogP) is 3.80. The first-order valence-corrected chi connectivity index (χ1v) is 9.65. The lowest BCUT2D eigenvalue weighted by Gasteiger charge is -2.27. The van der Waals surface area contributed by atoms with Crippen LogP contribution in [0.3, 0.4) is 0 Å². The minimum absolute atomic E-state index is 0.0985. The van der Waals surface area contributed by atoms with E-state index in [1.54, 1.807) is 25.6 Å². The Balaban J connectivity index is 2.07. The minimum Gasteiger partial charge on any atom is -0.493 e. The SMILES string of the molecule is CCNC(=NCc1cccs1)NCC(C)(C)c1ccc(OC)c(OC)c1. The summed E-state index contributed by atoms with van der Waals surface area (Å²) in [6.07, 6.45) is 0. The third-order valence-electron chi connectivity index (χ3n) is 4.18. The summed E-state index contributed by atoms with van der Waals surface area (Å²) in [5, 5.41) is 8.84. The molecule has 0 aliphatic rings. The Bertz CT molecular complexity index is 712. The summed E-state index contributed by atoms with van der Waals surface area (Å²) in [4.78, 5) is 5.93. The normalized spacial score (nSPS) is 12.0. The Hall–Kier alpha value is -2.21. The number of guanidine groups is 1. The molecule has 1 heterocycles. The summed E-state index contributed by atoms with van der Waals surface area (Å²) >= 11 is 1.72. The molecule has 0 saturated carbocycles. The lowest BCUT2D eigenvalue weighted by atomic mass is 9.84. The summed E-state index contributed by atoms with van der Waals surface area (Å²) in [5.74, 6) is 2.32. The van der Waals surface area contributed by atoms with Gasteiger partial charge in [-0.25, -0.2) is 4.99 Å². The summed E-state index contributed by atoms with van der Waals surface area (Å²) < 4.78 is 10.8. The highest BCUT2D eigenvalue weighted by atomic mass is 32.1. The second kappa shape index (κ2) is 9.48. The van der Waals surface area contributed by atoms with E-state index in [9.17, 15) is 0 Å². The molecule has 2 N–H and O–H groups in total. The Kier molecular flexibility index (Phi) is 7.33. The van der Waals surface area contributed by atoms with Gasteiger partial charge in [0.1, 0.15) is 0 Å². The number of benzene rings is 1. The first-order valence-electron chi connectivity index (χ1n) is 8.77. The van der Waals surface area contributed by atoms with Crippen LogP contribution in [0.5, 0.6) is 11.5 Å². The topological polar surface area (TPSA) is 54.9 Å². The van der Waals surface area contributed by atoms with Crippen LogP contribution in [0.15, 0.2) is 40.7 Å². The molecule has 26 heavy (non-hydrogen) atoms. The molecule has 5 nitrogen and oxygen atoms in total. The highest BCUT2D eigenvalue weighted by Crippen LogP contribution is 2.32. The van der Waals surface area contributed by atoms with Gasteiger partial charge in [-0.1, -0.05) is 26.0 Å². The molecule has 0 saturated heterocycles. The van der Waals surface area contributed by atoms with Gasteiger partial charge >= 0.3 is 0 Å². The minimum atomic E-state index is -0.0985. The maximum Gasteiger partial charge on any atom is 0.191 e. The van der Waals surface area contributed by atoms with Gasteiger partial charge in [-0.05, 0) is 36.1 Å². The molecular formula is C20H29N3O2S. The lowest BCUT2D eigenvalue weighted by molar-refractivity contribution is 0.353. The van der Waals surface area contributed by atoms with Gasteiger partial charge in [0.15, 0.2) is 17.5 Å². The van der Waals surface area contributed by atoms with Gasteiger partial charge in [-0.2, -0.15) is 0 Å². The largest absolute Gasteiger partial charge is 0.493 e. The fourth-order valence-corrected chi connectivity index (χ4v) is 3.19. The van der Waals surface area contributed by atoms with Crippen molar-refractivity contribution in [2.45, 2.75) is 32.7 Å². The van der Waals surface area contributed by atoms with Crippen LogP contribution in [-0.2, 0) is 12.0 Å². The van der Waals surface area contributed by atoms with E-state index in [0.717, 1.165) is 30.5 Å². The molecule has 2 rings (SSSR count). The number of rotatable bonds is 8. The summed E-state index contributed by atoms with van der Waals surface area (Å²) in [5.41, 5.74) is 1.08. The molecule has 1 aromatic carbocycles. The zero-order valence-corrected chi connectivity index (χ0v) is 17.1. The van der Waals surface area contributed by atoms with Crippen molar-refractivity contribution < 1.29 is 9.47 Å². The molecule has 6 heteroatoms. The number of nitrogens with one attached hydrogen (secondary N) is 2. The monoisotopic (exact) mass is 375 g/mol. The van der Waals surface area contributed by atoms with Crippen LogP contribution >= 0.6 is 11.3 Å². The molecule has 2 aromatic rings. The molecule has 0 bridgehead atoms. The number of hydrogen-bond donors (Lipinski definition) is 2. The smallest absolute Gasteiger partial charge is 0.191 e. The highest BCUT2D eigenvalue weighted by Gasteiger charge is 2.22. The van der Waals surface area contributed by atoms with Gasteiger partial charge in [-0.3, -0.25) is 0 Å². The Morgan fingerprint density at radius 2 is 1.88 bits per heavy atom. The predicted molar refractivity (Wildman–Crippen MR) is 110 cm³/mol. The third-order valence-corrected chi connectivity index (χ3v) is 5.04. The number of aliphatic imine (C=N–C) groups is 1. The number of hydrogen-bond acceptors (Lipinski definition) is 4. The quantitative estimate of drug-likeness (QED) is 0.544. The molecule has 1 aromatic heterocycles. The van der Waals surface area contributed by atoms with Gasteiger partial charge < -0.3 is 20.1 Å². The van der Waals surface area contributed by atoms with Crippen molar-refractivity contribution in [1.29, 1.82) is 0 Å². The summed E-state index contributed by atoms with van der Waals surface area (Å²) in [7, 11) is 3.31. The van der Waals surface area contributed by atoms with Crippen molar-refractivity contribution >= 4 is 17.3 Å².